The van der Waals surface area contributed by atoms with Crippen molar-refractivity contribution >= 4 is 24.7 Å². The summed E-state index contributed by atoms with van der Waals surface area (Å²) in [4.78, 5) is 0. The number of allylic oxidation sites excluding steroid dienone is 6. The predicted molar refractivity (Wildman–Crippen MR) is 122 cm³/mol. The van der Waals surface area contributed by atoms with Gasteiger partial charge in [0.2, 0.25) is 0 Å². The topological polar surface area (TPSA) is 0 Å². The van der Waals surface area contributed by atoms with Gasteiger partial charge in [0.05, 0.1) is 16.1 Å². The van der Waals surface area contributed by atoms with Gasteiger partial charge >= 0.3 is 0 Å². The first-order chi connectivity index (χ1) is 10.4. The van der Waals surface area contributed by atoms with Crippen molar-refractivity contribution in [1.82, 2.24) is 0 Å². The van der Waals surface area contributed by atoms with E-state index < -0.39 is 16.1 Å². The van der Waals surface area contributed by atoms with Crippen LogP contribution in [0.15, 0.2) is 33.4 Å². The lowest BCUT2D eigenvalue weighted by Crippen LogP contribution is -2.36. The monoisotopic (exact) mass is 380 g/mol. The fourth-order valence-electron chi connectivity index (χ4n) is 3.26. The molecule has 0 radical (unpaired) electrons. The van der Waals surface area contributed by atoms with Crippen LogP contribution >= 0.6 is 8.58 Å². The Hall–Kier alpha value is 0.0838. The summed E-state index contributed by atoms with van der Waals surface area (Å²) < 4.78 is 0. The lowest BCUT2D eigenvalue weighted by molar-refractivity contribution is 0.525. The Kier molecular flexibility index (Phi) is 6.46. The van der Waals surface area contributed by atoms with Crippen molar-refractivity contribution < 1.29 is 0 Å². The van der Waals surface area contributed by atoms with Crippen molar-refractivity contribution in [2.45, 2.75) is 92.4 Å². The van der Waals surface area contributed by atoms with Crippen LogP contribution in [0.3, 0.4) is 0 Å². The molecule has 0 N–H and O–H groups in total. The van der Waals surface area contributed by atoms with Gasteiger partial charge in [-0.05, 0) is 27.9 Å². The molecule has 1 aliphatic carbocycles. The van der Waals surface area contributed by atoms with E-state index in [1.807, 2.05) is 0 Å². The van der Waals surface area contributed by atoms with Crippen LogP contribution in [0.5, 0.6) is 0 Å². The Balaban J connectivity index is 3.55. The van der Waals surface area contributed by atoms with Gasteiger partial charge < -0.3 is 0 Å². The van der Waals surface area contributed by atoms with Gasteiger partial charge in [-0.25, -0.2) is 0 Å². The first kappa shape index (κ1) is 22.1. The molecular formula is C21H41PSi2. The van der Waals surface area contributed by atoms with Crippen LogP contribution in [0, 0.1) is 5.41 Å². The Morgan fingerprint density at radius 3 is 1.62 bits per heavy atom. The van der Waals surface area contributed by atoms with Crippen molar-refractivity contribution in [2.24, 2.45) is 5.41 Å². The predicted octanol–water partition coefficient (Wildman–Crippen LogP) is 7.77. The van der Waals surface area contributed by atoms with Crippen LogP contribution < -0.4 is 0 Å². The van der Waals surface area contributed by atoms with Gasteiger partial charge in [-0.1, -0.05) is 112 Å². The summed E-state index contributed by atoms with van der Waals surface area (Å²) in [5.74, 6) is 0. The van der Waals surface area contributed by atoms with E-state index in [-0.39, 0.29) is 5.41 Å². The van der Waals surface area contributed by atoms with E-state index in [0.29, 0.717) is 5.16 Å². The molecule has 1 aliphatic rings. The second-order valence-corrected chi connectivity index (χ2v) is 23.7. The van der Waals surface area contributed by atoms with Crippen LogP contribution in [0.4, 0.5) is 0 Å². The molecule has 0 aromatic carbocycles. The maximum atomic E-state index is 2.64. The number of hydrogen-bond acceptors (Lipinski definition) is 0. The van der Waals surface area contributed by atoms with E-state index in [2.05, 4.69) is 93.0 Å². The Labute approximate surface area is 156 Å². The normalized spacial score (nSPS) is 20.3. The molecule has 138 valence electrons. The largest absolute Gasteiger partial charge is 0.0884 e. The molecule has 0 saturated carbocycles. The van der Waals surface area contributed by atoms with E-state index in [4.69, 9.17) is 0 Å². The van der Waals surface area contributed by atoms with E-state index in [9.17, 15) is 0 Å². The van der Waals surface area contributed by atoms with Gasteiger partial charge in [0, 0.05) is 0 Å². The van der Waals surface area contributed by atoms with Gasteiger partial charge in [-0.2, -0.15) is 0 Å². The fraction of sp³-hybridized carbons (Fsp3) is 0.714. The molecule has 0 fully saturated rings. The second kappa shape index (κ2) is 7.01. The van der Waals surface area contributed by atoms with Crippen LogP contribution in [-0.4, -0.2) is 21.3 Å². The second-order valence-electron chi connectivity index (χ2n) is 11.4. The van der Waals surface area contributed by atoms with Crippen molar-refractivity contribution in [1.29, 1.82) is 0 Å². The third-order valence-corrected chi connectivity index (χ3v) is 10.8. The standard InChI is InChI=1S/C21H41PSi2/c1-20(2,3)19(22-21(4,5)6)16-13-14-17(23(7,8)9)18(15-16)24(10,11)12/h14-15,22H,13H2,1-12H3. The molecule has 0 aliphatic heterocycles. The molecule has 0 nitrogen and oxygen atoms in total. The first-order valence-electron chi connectivity index (χ1n) is 9.38. The third kappa shape index (κ3) is 6.11. The van der Waals surface area contributed by atoms with Crippen molar-refractivity contribution in [3.8, 4) is 0 Å². The van der Waals surface area contributed by atoms with E-state index in [1.165, 1.54) is 0 Å². The smallest absolute Gasteiger partial charge is 0.0774 e. The average molecular weight is 381 g/mol. The zero-order chi connectivity index (χ0) is 19.1. The zero-order valence-electron chi connectivity index (χ0n) is 18.4. The van der Waals surface area contributed by atoms with Gasteiger partial charge in [0.1, 0.15) is 0 Å². The highest BCUT2D eigenvalue weighted by Gasteiger charge is 2.34. The zero-order valence-corrected chi connectivity index (χ0v) is 21.4. The van der Waals surface area contributed by atoms with E-state index >= 15 is 0 Å². The highest BCUT2D eigenvalue weighted by Crippen LogP contribution is 2.50. The molecule has 24 heavy (non-hydrogen) atoms. The SMILES string of the molecule is CC(C)(C)PC(=C1C=C([Si](C)(C)C)C([Si](C)(C)C)=CC1)C(C)(C)C. The minimum atomic E-state index is -1.34. The molecule has 0 aromatic heterocycles. The van der Waals surface area contributed by atoms with Gasteiger partial charge in [0.15, 0.2) is 0 Å². The molecule has 0 aromatic rings. The number of hydrogen-bond donors (Lipinski definition) is 0. The van der Waals surface area contributed by atoms with Crippen molar-refractivity contribution in [2.75, 3.05) is 0 Å². The van der Waals surface area contributed by atoms with Crippen molar-refractivity contribution in [3.05, 3.63) is 33.4 Å². The average Bonchev–Trinajstić information content (AvgIpc) is 2.30. The minimum Gasteiger partial charge on any atom is -0.0884 e. The van der Waals surface area contributed by atoms with Gasteiger partial charge in [0.25, 0.3) is 0 Å². The third-order valence-electron chi connectivity index (χ3n) is 4.32. The quantitative estimate of drug-likeness (QED) is 0.346. The molecule has 1 rings (SSSR count). The Morgan fingerprint density at radius 2 is 1.29 bits per heavy atom. The maximum absolute atomic E-state index is 2.64. The molecule has 0 heterocycles. The molecule has 1 atom stereocenters. The summed E-state index contributed by atoms with van der Waals surface area (Å²) in [6.07, 6.45) is 6.39. The summed E-state index contributed by atoms with van der Waals surface area (Å²) in [5.41, 5.74) is 1.88. The van der Waals surface area contributed by atoms with Crippen LogP contribution in [0.1, 0.15) is 48.0 Å². The fourth-order valence-corrected chi connectivity index (χ4v) is 10.1. The highest BCUT2D eigenvalue weighted by molar-refractivity contribution is 7.45. The van der Waals surface area contributed by atoms with E-state index in [1.54, 1.807) is 21.3 Å². The maximum Gasteiger partial charge on any atom is 0.0774 e. The van der Waals surface area contributed by atoms with Crippen LogP contribution in [0.2, 0.25) is 39.3 Å². The van der Waals surface area contributed by atoms with Crippen LogP contribution in [0.25, 0.3) is 0 Å². The summed E-state index contributed by atoms with van der Waals surface area (Å²) >= 11 is 0. The first-order valence-corrected chi connectivity index (χ1v) is 17.4. The molecule has 3 heteroatoms. The summed E-state index contributed by atoms with van der Waals surface area (Å²) in [7, 11) is -1.72. The Bertz CT molecular complexity index is 553. The van der Waals surface area contributed by atoms with Crippen molar-refractivity contribution in [3.63, 3.8) is 0 Å². The highest BCUT2D eigenvalue weighted by atomic mass is 31.1. The number of rotatable bonds is 3. The molecule has 0 bridgehead atoms. The summed E-state index contributed by atoms with van der Waals surface area (Å²) in [6.45, 7) is 29.4. The molecule has 0 spiro atoms. The Morgan fingerprint density at radius 1 is 0.833 bits per heavy atom. The minimum absolute atomic E-state index is 0.257. The molecule has 0 saturated heterocycles. The summed E-state index contributed by atoms with van der Waals surface area (Å²) in [6, 6.07) is 0. The summed E-state index contributed by atoms with van der Waals surface area (Å²) in [5, 5.41) is 5.52. The van der Waals surface area contributed by atoms with Crippen LogP contribution in [-0.2, 0) is 0 Å². The lowest BCUT2D eigenvalue weighted by Gasteiger charge is -2.37. The lowest BCUT2D eigenvalue weighted by atomic mass is 9.90. The van der Waals surface area contributed by atoms with Gasteiger partial charge in [-0.3, -0.25) is 0 Å². The molecule has 0 amide bonds. The van der Waals surface area contributed by atoms with Gasteiger partial charge in [-0.15, -0.1) is 0 Å². The molecular weight excluding hydrogens is 339 g/mol. The molecule has 1 unspecified atom stereocenters. The van der Waals surface area contributed by atoms with E-state index in [0.717, 1.165) is 15.0 Å².